The Balaban J connectivity index is 1.06. The van der Waals surface area contributed by atoms with Crippen molar-refractivity contribution >= 4 is 5.69 Å². The standard InChI is InChI=1S/C67H69N9O10/c77-64-29-13-25-59(72(64)83-49-54-17-5-1-6-18-54)44-68-37-38-69(45-60-26-14-30-65(78)73(60)84-50-55-19-7-2-8-20-55)41-42-71(48-62-28-16-32-67(80)75(62)86-52-57-23-11-4-12-24-57)63(43-53-33-35-58(36-34-53)76(81)82)47-70(40-39-68)46-61-27-15-31-66(79)74(61)85-51-56-21-9-3-10-22-56/h1-36,63H,37-52H2. The first-order valence-electron chi connectivity index (χ1n) is 28.8. The highest BCUT2D eigenvalue weighted by molar-refractivity contribution is 5.33. The van der Waals surface area contributed by atoms with E-state index in [-0.39, 0.29) is 73.5 Å². The Hall–Kier alpha value is -9.66. The van der Waals surface area contributed by atoms with Gasteiger partial charge in [0, 0.05) is 114 Å². The van der Waals surface area contributed by atoms with Crippen molar-refractivity contribution in [1.29, 1.82) is 0 Å². The number of pyridine rings is 4. The Morgan fingerprint density at radius 2 is 0.663 bits per heavy atom. The molecule has 0 saturated carbocycles. The van der Waals surface area contributed by atoms with E-state index in [9.17, 15) is 29.3 Å². The summed E-state index contributed by atoms with van der Waals surface area (Å²) >= 11 is 0. The Kier molecular flexibility index (Phi) is 20.6. The molecule has 0 bridgehead atoms. The summed E-state index contributed by atoms with van der Waals surface area (Å²) in [5.74, 6) is 0. The van der Waals surface area contributed by atoms with E-state index in [0.717, 1.165) is 27.8 Å². The summed E-state index contributed by atoms with van der Waals surface area (Å²) in [6.07, 6.45) is 0.410. The number of hydrogen-bond acceptors (Lipinski definition) is 14. The summed E-state index contributed by atoms with van der Waals surface area (Å²) in [6, 6.07) is 65.2. The van der Waals surface area contributed by atoms with Gasteiger partial charge in [0.15, 0.2) is 0 Å². The summed E-state index contributed by atoms with van der Waals surface area (Å²) in [5.41, 5.74) is 5.55. The lowest BCUT2D eigenvalue weighted by molar-refractivity contribution is -0.384. The van der Waals surface area contributed by atoms with Crippen LogP contribution in [0.5, 0.6) is 0 Å². The third kappa shape index (κ3) is 16.6. The summed E-state index contributed by atoms with van der Waals surface area (Å²) in [7, 11) is 0. The fourth-order valence-electron chi connectivity index (χ4n) is 10.5. The first-order chi connectivity index (χ1) is 42.1. The largest absolute Gasteiger partial charge is 0.406 e. The van der Waals surface area contributed by atoms with Gasteiger partial charge in [0.2, 0.25) is 0 Å². The van der Waals surface area contributed by atoms with Crippen LogP contribution < -0.4 is 41.6 Å². The van der Waals surface area contributed by atoms with Crippen molar-refractivity contribution in [2.45, 2.75) is 65.1 Å². The van der Waals surface area contributed by atoms with Crippen LogP contribution in [0.3, 0.4) is 0 Å². The van der Waals surface area contributed by atoms with E-state index in [1.54, 1.807) is 36.4 Å². The molecule has 19 heteroatoms. The summed E-state index contributed by atoms with van der Waals surface area (Å²) in [6.45, 7) is 4.83. The highest BCUT2D eigenvalue weighted by Crippen LogP contribution is 2.21. The van der Waals surface area contributed by atoms with Gasteiger partial charge in [0.1, 0.15) is 26.4 Å². The fourth-order valence-corrected chi connectivity index (χ4v) is 10.5. The van der Waals surface area contributed by atoms with E-state index in [1.807, 2.05) is 146 Å². The first kappa shape index (κ1) is 59.5. The van der Waals surface area contributed by atoms with Gasteiger partial charge >= 0.3 is 0 Å². The molecule has 0 radical (unpaired) electrons. The van der Waals surface area contributed by atoms with Gasteiger partial charge in [-0.25, -0.2) is 0 Å². The van der Waals surface area contributed by atoms with E-state index >= 15 is 0 Å². The maximum absolute atomic E-state index is 13.9. The molecule has 10 rings (SSSR count). The van der Waals surface area contributed by atoms with Crippen LogP contribution in [0, 0.1) is 10.1 Å². The molecule has 1 aliphatic heterocycles. The second kappa shape index (κ2) is 29.7. The van der Waals surface area contributed by atoms with Gasteiger partial charge in [-0.05, 0) is 58.5 Å². The van der Waals surface area contributed by atoms with Crippen LogP contribution in [-0.4, -0.2) is 95.3 Å². The molecule has 1 saturated heterocycles. The van der Waals surface area contributed by atoms with E-state index in [1.165, 1.54) is 55.3 Å². The predicted octanol–water partition coefficient (Wildman–Crippen LogP) is 6.69. The normalized spacial score (nSPS) is 14.8. The zero-order valence-electron chi connectivity index (χ0n) is 47.8. The van der Waals surface area contributed by atoms with Gasteiger partial charge in [0.25, 0.3) is 27.9 Å². The highest BCUT2D eigenvalue weighted by Gasteiger charge is 2.28. The molecular formula is C67H69N9O10. The minimum atomic E-state index is -0.416. The van der Waals surface area contributed by atoms with Crippen LogP contribution >= 0.6 is 0 Å². The fraction of sp³-hybridized carbons (Fsp3) is 0.254. The van der Waals surface area contributed by atoms with Crippen LogP contribution in [0.25, 0.3) is 0 Å². The Morgan fingerprint density at radius 1 is 0.349 bits per heavy atom. The molecule has 4 aromatic heterocycles. The molecule has 86 heavy (non-hydrogen) atoms. The second-order valence-electron chi connectivity index (χ2n) is 21.2. The van der Waals surface area contributed by atoms with Crippen LogP contribution in [0.2, 0.25) is 0 Å². The molecule has 0 amide bonds. The maximum atomic E-state index is 13.9. The molecule has 0 spiro atoms. The lowest BCUT2D eigenvalue weighted by Crippen LogP contribution is -2.51. The molecule has 9 aromatic rings. The lowest BCUT2D eigenvalue weighted by Gasteiger charge is -2.39. The molecule has 0 aliphatic carbocycles. The average molecular weight is 1160 g/mol. The van der Waals surface area contributed by atoms with Crippen LogP contribution in [0.15, 0.2) is 238 Å². The second-order valence-corrected chi connectivity index (χ2v) is 21.2. The SMILES string of the molecule is O=c1cccc(CN2CCN(Cc3cccc(=O)n3OCc3ccccc3)CCN(Cc3cccc(=O)n3OCc3ccccc3)C(Cc3ccc([N+](=O)[O-])cc3)CN(Cc3cccc(=O)n3OCc3ccccc3)CC2)n1OCc1ccccc1. The average Bonchev–Trinajstić information content (AvgIpc) is 3.56. The number of aromatic nitrogens is 4. The van der Waals surface area contributed by atoms with Gasteiger partial charge in [-0.2, -0.15) is 0 Å². The molecule has 442 valence electrons. The van der Waals surface area contributed by atoms with Crippen molar-refractivity contribution < 1.29 is 24.3 Å². The minimum Gasteiger partial charge on any atom is -0.406 e. The molecular weight excluding hydrogens is 1090 g/mol. The molecule has 1 aliphatic rings. The Morgan fingerprint density at radius 3 is 1.01 bits per heavy atom. The van der Waals surface area contributed by atoms with Crippen molar-refractivity contribution in [2.24, 2.45) is 0 Å². The van der Waals surface area contributed by atoms with E-state index in [2.05, 4.69) is 19.6 Å². The van der Waals surface area contributed by atoms with E-state index < -0.39 is 4.92 Å². The molecule has 1 fully saturated rings. The first-order valence-corrected chi connectivity index (χ1v) is 28.8. The van der Waals surface area contributed by atoms with Crippen LogP contribution in [0.4, 0.5) is 5.69 Å². The summed E-state index contributed by atoms with van der Waals surface area (Å²) < 4.78 is 5.43. The third-order valence-corrected chi connectivity index (χ3v) is 15.1. The zero-order valence-corrected chi connectivity index (χ0v) is 47.8. The van der Waals surface area contributed by atoms with Crippen molar-refractivity contribution in [1.82, 2.24) is 38.5 Å². The molecule has 1 atom stereocenters. The van der Waals surface area contributed by atoms with Crippen molar-refractivity contribution in [2.75, 3.05) is 45.8 Å². The van der Waals surface area contributed by atoms with E-state index in [4.69, 9.17) is 19.4 Å². The maximum Gasteiger partial charge on any atom is 0.283 e. The predicted molar refractivity (Wildman–Crippen MR) is 327 cm³/mol. The van der Waals surface area contributed by atoms with Crippen molar-refractivity contribution in [3.05, 3.63) is 321 Å². The van der Waals surface area contributed by atoms with E-state index in [0.29, 0.717) is 88.1 Å². The van der Waals surface area contributed by atoms with Crippen molar-refractivity contribution in [3.8, 4) is 0 Å². The quantitative estimate of drug-likeness (QED) is 0.0488. The van der Waals surface area contributed by atoms with Crippen LogP contribution in [0.1, 0.15) is 50.6 Å². The number of non-ortho nitro benzene ring substituents is 1. The topological polar surface area (TPSA) is 181 Å². The zero-order chi connectivity index (χ0) is 59.5. The summed E-state index contributed by atoms with van der Waals surface area (Å²) in [4.78, 5) is 101. The van der Waals surface area contributed by atoms with Crippen LogP contribution in [-0.2, 0) is 59.0 Å². The monoisotopic (exact) mass is 1160 g/mol. The number of nitro groups is 1. The van der Waals surface area contributed by atoms with Gasteiger partial charge in [-0.1, -0.05) is 158 Å². The molecule has 5 aromatic carbocycles. The number of rotatable bonds is 23. The minimum absolute atomic E-state index is 0.0375. The third-order valence-electron chi connectivity index (χ3n) is 15.1. The highest BCUT2D eigenvalue weighted by atomic mass is 16.7. The number of hydrogen-bond donors (Lipinski definition) is 0. The van der Waals surface area contributed by atoms with Gasteiger partial charge in [0.05, 0.1) is 27.7 Å². The molecule has 5 heterocycles. The smallest absolute Gasteiger partial charge is 0.283 e. The Labute approximate surface area is 497 Å². The molecule has 19 nitrogen and oxygen atoms in total. The summed E-state index contributed by atoms with van der Waals surface area (Å²) in [5, 5.41) is 12.0. The van der Waals surface area contributed by atoms with Gasteiger partial charge in [-0.3, -0.25) is 48.9 Å². The number of nitro benzene ring substituents is 1. The Bertz CT molecular complexity index is 3860. The number of nitrogens with zero attached hydrogens (tertiary/aromatic N) is 9. The molecule has 1 unspecified atom stereocenters. The van der Waals surface area contributed by atoms with Crippen molar-refractivity contribution in [3.63, 3.8) is 0 Å². The number of benzene rings is 5. The van der Waals surface area contributed by atoms with Gasteiger partial charge < -0.3 is 19.4 Å². The van der Waals surface area contributed by atoms with Gasteiger partial charge in [-0.15, -0.1) is 18.9 Å². The lowest BCUT2D eigenvalue weighted by atomic mass is 10.0. The molecule has 0 N–H and O–H groups in total.